The average Bonchev–Trinajstić information content (AvgIpc) is 3.79. The van der Waals surface area contributed by atoms with Crippen LogP contribution in [0.3, 0.4) is 0 Å². The van der Waals surface area contributed by atoms with Crippen molar-refractivity contribution in [2.45, 2.75) is 0 Å². The molecule has 12 aromatic rings. The molecular formula is C64H43NO. The fraction of sp³-hybridized carbons (Fsp3) is 0. The van der Waals surface area contributed by atoms with Crippen LogP contribution in [0.1, 0.15) is 0 Å². The van der Waals surface area contributed by atoms with Crippen molar-refractivity contribution >= 4 is 49.8 Å². The van der Waals surface area contributed by atoms with Crippen LogP contribution in [0, 0.1) is 0 Å². The third-order valence-electron chi connectivity index (χ3n) is 12.9. The summed E-state index contributed by atoms with van der Waals surface area (Å²) >= 11 is 0. The van der Waals surface area contributed by atoms with Gasteiger partial charge in [0.25, 0.3) is 0 Å². The molecule has 12 rings (SSSR count). The standard InChI is InChI=1S/C64H43NO/c1-3-16-48(17-4-1)55-21-9-10-23-59(55)63-56(49-18-5-2-6-19-49)24-14-27-61(63)65(54-41-37-50(38-42-54)57-25-13-26-60-58-22-11-12-28-62(58)66-64(57)60)53-39-35-46(36-40-53)45-29-31-47(32-30-45)52-34-33-44-15-7-8-20-51(44)43-52/h1-43H. The lowest BCUT2D eigenvalue weighted by atomic mass is 9.87. The van der Waals surface area contributed by atoms with E-state index in [0.29, 0.717) is 0 Å². The van der Waals surface area contributed by atoms with Crippen LogP contribution in [-0.2, 0) is 0 Å². The highest BCUT2D eigenvalue weighted by atomic mass is 16.3. The number of nitrogens with zero attached hydrogens (tertiary/aromatic N) is 1. The Labute approximate surface area is 384 Å². The van der Waals surface area contributed by atoms with E-state index in [1.165, 1.54) is 44.2 Å². The minimum atomic E-state index is 0.897. The number of hydrogen-bond acceptors (Lipinski definition) is 2. The molecule has 0 bridgehead atoms. The third kappa shape index (κ3) is 7.12. The Morgan fingerprint density at radius 1 is 0.273 bits per heavy atom. The van der Waals surface area contributed by atoms with E-state index in [0.717, 1.165) is 72.4 Å². The molecule has 0 fully saturated rings. The molecule has 310 valence electrons. The first-order valence-electron chi connectivity index (χ1n) is 22.6. The van der Waals surface area contributed by atoms with Gasteiger partial charge in [-0.2, -0.15) is 0 Å². The summed E-state index contributed by atoms with van der Waals surface area (Å²) in [4.78, 5) is 2.42. The zero-order chi connectivity index (χ0) is 43.8. The van der Waals surface area contributed by atoms with Crippen molar-refractivity contribution in [3.8, 4) is 66.8 Å². The highest BCUT2D eigenvalue weighted by Crippen LogP contribution is 2.48. The van der Waals surface area contributed by atoms with Crippen LogP contribution in [0.25, 0.3) is 99.5 Å². The monoisotopic (exact) mass is 841 g/mol. The molecule has 2 heteroatoms. The van der Waals surface area contributed by atoms with Gasteiger partial charge < -0.3 is 9.32 Å². The molecule has 0 radical (unpaired) electrons. The first kappa shape index (κ1) is 38.9. The van der Waals surface area contributed by atoms with Gasteiger partial charge in [-0.05, 0) is 109 Å². The fourth-order valence-electron chi connectivity index (χ4n) is 9.66. The van der Waals surface area contributed by atoms with Crippen LogP contribution in [0.15, 0.2) is 265 Å². The van der Waals surface area contributed by atoms with E-state index in [2.05, 4.69) is 254 Å². The Kier molecular flexibility index (Phi) is 9.89. The molecule has 11 aromatic carbocycles. The lowest BCUT2D eigenvalue weighted by Crippen LogP contribution is -2.12. The summed E-state index contributed by atoms with van der Waals surface area (Å²) in [7, 11) is 0. The van der Waals surface area contributed by atoms with E-state index in [1.54, 1.807) is 0 Å². The summed E-state index contributed by atoms with van der Waals surface area (Å²) in [6.45, 7) is 0. The van der Waals surface area contributed by atoms with Crippen LogP contribution >= 0.6 is 0 Å². The van der Waals surface area contributed by atoms with E-state index in [4.69, 9.17) is 4.42 Å². The second kappa shape index (κ2) is 16.8. The Balaban J connectivity index is 1.00. The highest BCUT2D eigenvalue weighted by molar-refractivity contribution is 6.09. The van der Waals surface area contributed by atoms with Crippen molar-refractivity contribution in [3.05, 3.63) is 261 Å². The van der Waals surface area contributed by atoms with E-state index in [-0.39, 0.29) is 0 Å². The zero-order valence-electron chi connectivity index (χ0n) is 36.2. The normalized spacial score (nSPS) is 11.3. The number of fused-ring (bicyclic) bond motifs is 4. The maximum absolute atomic E-state index is 6.50. The smallest absolute Gasteiger partial charge is 0.143 e. The molecule has 0 atom stereocenters. The summed E-state index contributed by atoms with van der Waals surface area (Å²) in [5.41, 5.74) is 18.9. The second-order valence-corrected chi connectivity index (χ2v) is 16.8. The van der Waals surface area contributed by atoms with Gasteiger partial charge in [-0.15, -0.1) is 0 Å². The van der Waals surface area contributed by atoms with Gasteiger partial charge in [0.2, 0.25) is 0 Å². The Morgan fingerprint density at radius 2 is 0.742 bits per heavy atom. The predicted octanol–water partition coefficient (Wildman–Crippen LogP) is 18.2. The van der Waals surface area contributed by atoms with Crippen LogP contribution < -0.4 is 4.90 Å². The topological polar surface area (TPSA) is 16.4 Å². The van der Waals surface area contributed by atoms with Crippen molar-refractivity contribution in [2.24, 2.45) is 0 Å². The summed E-state index contributed by atoms with van der Waals surface area (Å²) < 4.78 is 6.50. The highest BCUT2D eigenvalue weighted by Gasteiger charge is 2.23. The molecule has 0 unspecified atom stereocenters. The Morgan fingerprint density at radius 3 is 1.45 bits per heavy atom. The molecular weight excluding hydrogens is 799 g/mol. The third-order valence-corrected chi connectivity index (χ3v) is 12.9. The van der Waals surface area contributed by atoms with Crippen molar-refractivity contribution in [2.75, 3.05) is 4.90 Å². The van der Waals surface area contributed by atoms with Crippen molar-refractivity contribution in [1.82, 2.24) is 0 Å². The van der Waals surface area contributed by atoms with Crippen molar-refractivity contribution in [1.29, 1.82) is 0 Å². The molecule has 1 heterocycles. The largest absolute Gasteiger partial charge is 0.455 e. The molecule has 66 heavy (non-hydrogen) atoms. The second-order valence-electron chi connectivity index (χ2n) is 16.8. The number of anilines is 3. The SMILES string of the molecule is c1ccc(-c2ccccc2-c2c(-c3ccccc3)cccc2N(c2ccc(-c3ccc(-c4ccc5ccccc5c4)cc3)cc2)c2ccc(-c3cccc4c3oc3ccccc34)cc2)cc1. The summed E-state index contributed by atoms with van der Waals surface area (Å²) in [5, 5.41) is 4.75. The summed E-state index contributed by atoms with van der Waals surface area (Å²) in [5.74, 6) is 0. The maximum Gasteiger partial charge on any atom is 0.143 e. The fourth-order valence-corrected chi connectivity index (χ4v) is 9.66. The Hall–Kier alpha value is -8.72. The number of rotatable bonds is 9. The van der Waals surface area contributed by atoms with Gasteiger partial charge in [-0.3, -0.25) is 0 Å². The quantitative estimate of drug-likeness (QED) is 0.144. The first-order chi connectivity index (χ1) is 32.7. The van der Waals surface area contributed by atoms with Crippen molar-refractivity contribution in [3.63, 3.8) is 0 Å². The molecule has 0 spiro atoms. The zero-order valence-corrected chi connectivity index (χ0v) is 36.2. The summed E-state index contributed by atoms with van der Waals surface area (Å²) in [6.07, 6.45) is 0. The molecule has 2 nitrogen and oxygen atoms in total. The first-order valence-corrected chi connectivity index (χ1v) is 22.6. The molecule has 0 amide bonds. The molecule has 1 aromatic heterocycles. The number of benzene rings is 11. The lowest BCUT2D eigenvalue weighted by molar-refractivity contribution is 0.670. The minimum Gasteiger partial charge on any atom is -0.455 e. The van der Waals surface area contributed by atoms with Crippen LogP contribution in [0.5, 0.6) is 0 Å². The molecule has 0 saturated carbocycles. The van der Waals surface area contributed by atoms with Gasteiger partial charge in [0.15, 0.2) is 0 Å². The van der Waals surface area contributed by atoms with Crippen molar-refractivity contribution < 1.29 is 4.42 Å². The van der Waals surface area contributed by atoms with Crippen LogP contribution in [0.2, 0.25) is 0 Å². The average molecular weight is 842 g/mol. The van der Waals surface area contributed by atoms with Gasteiger partial charge in [0.05, 0.1) is 5.69 Å². The number of para-hydroxylation sites is 2. The maximum atomic E-state index is 6.50. The summed E-state index contributed by atoms with van der Waals surface area (Å²) in [6, 6.07) is 93.9. The molecule has 0 aliphatic carbocycles. The van der Waals surface area contributed by atoms with E-state index in [1.807, 2.05) is 12.1 Å². The number of hydrogen-bond donors (Lipinski definition) is 0. The Bertz CT molecular complexity index is 3660. The predicted molar refractivity (Wildman–Crippen MR) is 279 cm³/mol. The van der Waals surface area contributed by atoms with Gasteiger partial charge >= 0.3 is 0 Å². The molecule has 0 N–H and O–H groups in total. The van der Waals surface area contributed by atoms with E-state index in [9.17, 15) is 0 Å². The van der Waals surface area contributed by atoms with Gasteiger partial charge in [-0.1, -0.05) is 218 Å². The van der Waals surface area contributed by atoms with Gasteiger partial charge in [-0.25, -0.2) is 0 Å². The van der Waals surface area contributed by atoms with Crippen LogP contribution in [0.4, 0.5) is 17.1 Å². The lowest BCUT2D eigenvalue weighted by Gasteiger charge is -2.30. The van der Waals surface area contributed by atoms with Gasteiger partial charge in [0.1, 0.15) is 11.2 Å². The van der Waals surface area contributed by atoms with E-state index < -0.39 is 0 Å². The molecule has 0 saturated heterocycles. The van der Waals surface area contributed by atoms with Gasteiger partial charge in [0, 0.05) is 33.3 Å². The number of furan rings is 1. The van der Waals surface area contributed by atoms with Crippen LogP contribution in [-0.4, -0.2) is 0 Å². The molecule has 0 aliphatic heterocycles. The van der Waals surface area contributed by atoms with E-state index >= 15 is 0 Å². The molecule has 0 aliphatic rings. The minimum absolute atomic E-state index is 0.897.